The predicted molar refractivity (Wildman–Crippen MR) is 117 cm³/mol. The third kappa shape index (κ3) is 12.1. The van der Waals surface area contributed by atoms with Gasteiger partial charge in [-0.1, -0.05) is 31.2 Å². The van der Waals surface area contributed by atoms with Crippen molar-refractivity contribution in [3.63, 3.8) is 0 Å². The van der Waals surface area contributed by atoms with Gasteiger partial charge in [0.15, 0.2) is 11.5 Å². The molecule has 0 amide bonds. The van der Waals surface area contributed by atoms with E-state index in [2.05, 4.69) is 11.8 Å². The normalized spacial score (nSPS) is 10.3. The molecule has 0 aliphatic rings. The lowest BCUT2D eigenvalue weighted by atomic mass is 10.1. The summed E-state index contributed by atoms with van der Waals surface area (Å²) in [6, 6.07) is 14.8. The van der Waals surface area contributed by atoms with Crippen molar-refractivity contribution in [1.82, 2.24) is 4.90 Å². The van der Waals surface area contributed by atoms with Crippen molar-refractivity contribution in [3.8, 4) is 17.2 Å². The minimum Gasteiger partial charge on any atom is -0.504 e. The number of benzene rings is 2. The van der Waals surface area contributed by atoms with Crippen molar-refractivity contribution >= 4 is 11.9 Å². The van der Waals surface area contributed by atoms with Crippen LogP contribution in [-0.4, -0.2) is 63.5 Å². The summed E-state index contributed by atoms with van der Waals surface area (Å²) in [5.74, 6) is -1.39. The van der Waals surface area contributed by atoms with Crippen LogP contribution in [0.25, 0.3) is 0 Å². The summed E-state index contributed by atoms with van der Waals surface area (Å²) in [5.41, 5.74) is 1.02. The molecule has 8 nitrogen and oxygen atoms in total. The predicted octanol–water partition coefficient (Wildman–Crippen LogP) is 3.37. The number of para-hydroxylation sites is 1. The van der Waals surface area contributed by atoms with Crippen LogP contribution in [-0.2, 0) is 16.0 Å². The molecule has 2 rings (SSSR count). The Kier molecular flexibility index (Phi) is 12.2. The smallest absolute Gasteiger partial charge is 0.303 e. The summed E-state index contributed by atoms with van der Waals surface area (Å²) in [4.78, 5) is 21.6. The van der Waals surface area contributed by atoms with Crippen LogP contribution >= 0.6 is 0 Å². The van der Waals surface area contributed by atoms with Crippen LogP contribution in [0.15, 0.2) is 48.5 Å². The molecule has 31 heavy (non-hydrogen) atoms. The van der Waals surface area contributed by atoms with Crippen molar-refractivity contribution in [2.45, 2.75) is 32.6 Å². The molecule has 0 heterocycles. The van der Waals surface area contributed by atoms with Gasteiger partial charge < -0.3 is 25.2 Å². The average molecular weight is 434 g/mol. The van der Waals surface area contributed by atoms with Gasteiger partial charge in [0.1, 0.15) is 12.4 Å². The number of nitrogens with zero attached hydrogens (tertiary/aromatic N) is 1. The zero-order valence-corrected chi connectivity index (χ0v) is 17.7. The van der Waals surface area contributed by atoms with Crippen molar-refractivity contribution in [3.05, 3.63) is 54.1 Å². The number of phenolic OH excluding ortho intramolecular Hbond substituents is 2. The van der Waals surface area contributed by atoms with Gasteiger partial charge in [0.25, 0.3) is 0 Å². The molecular weight excluding hydrogens is 402 g/mol. The van der Waals surface area contributed by atoms with E-state index in [1.807, 2.05) is 36.4 Å². The molecule has 8 heteroatoms. The number of rotatable bonds is 12. The molecule has 0 aromatic heterocycles. The largest absolute Gasteiger partial charge is 0.504 e. The summed E-state index contributed by atoms with van der Waals surface area (Å²) in [6.45, 7) is 5.60. The lowest BCUT2D eigenvalue weighted by molar-refractivity contribution is -0.143. The fourth-order valence-corrected chi connectivity index (χ4v) is 2.69. The van der Waals surface area contributed by atoms with Gasteiger partial charge >= 0.3 is 11.9 Å². The number of carboxylic acids is 2. The topological polar surface area (TPSA) is 128 Å². The second-order valence-corrected chi connectivity index (χ2v) is 6.86. The summed E-state index contributed by atoms with van der Waals surface area (Å²) < 4.78 is 5.75. The summed E-state index contributed by atoms with van der Waals surface area (Å²) in [6.07, 6.45) is 1.33. The SMILES string of the molecule is CCCN(CCOc1ccccc1)CCc1ccc(O)c(O)c1.O=C(O)CCC(=O)O. The van der Waals surface area contributed by atoms with E-state index in [4.69, 9.17) is 14.9 Å². The highest BCUT2D eigenvalue weighted by atomic mass is 16.5. The van der Waals surface area contributed by atoms with E-state index in [1.54, 1.807) is 6.07 Å². The van der Waals surface area contributed by atoms with E-state index >= 15 is 0 Å². The standard InChI is InChI=1S/C19H25NO3.C4H6O4/c1-2-11-20(13-14-23-17-6-4-3-5-7-17)12-10-16-8-9-18(21)19(22)15-16;5-3(6)1-2-4(7)8/h3-9,15,21-22H,2,10-14H2,1H3;1-2H2,(H,5,6)(H,7,8). The van der Waals surface area contributed by atoms with Crippen LogP contribution in [0.4, 0.5) is 0 Å². The highest BCUT2D eigenvalue weighted by Crippen LogP contribution is 2.25. The number of hydrogen-bond donors (Lipinski definition) is 4. The van der Waals surface area contributed by atoms with Gasteiger partial charge in [-0.05, 0) is 49.2 Å². The van der Waals surface area contributed by atoms with Crippen LogP contribution in [0.2, 0.25) is 0 Å². The average Bonchev–Trinajstić information content (AvgIpc) is 2.74. The maximum atomic E-state index is 9.64. The molecule has 0 atom stereocenters. The molecule has 4 N–H and O–H groups in total. The van der Waals surface area contributed by atoms with E-state index in [0.717, 1.165) is 43.8 Å². The quantitative estimate of drug-likeness (QED) is 0.375. The van der Waals surface area contributed by atoms with Gasteiger partial charge in [0.05, 0.1) is 12.8 Å². The number of ether oxygens (including phenoxy) is 1. The molecule has 0 aliphatic carbocycles. The van der Waals surface area contributed by atoms with E-state index in [0.29, 0.717) is 6.61 Å². The first kappa shape index (κ1) is 25.8. The van der Waals surface area contributed by atoms with Gasteiger partial charge in [-0.15, -0.1) is 0 Å². The lowest BCUT2D eigenvalue weighted by Gasteiger charge is -2.22. The molecule has 0 bridgehead atoms. The number of carboxylic acid groups (broad SMARTS) is 2. The van der Waals surface area contributed by atoms with Crippen molar-refractivity contribution in [2.75, 3.05) is 26.2 Å². The summed E-state index contributed by atoms with van der Waals surface area (Å²) in [5, 5.41) is 34.7. The van der Waals surface area contributed by atoms with Gasteiger partial charge in [0.2, 0.25) is 0 Å². The molecule has 0 saturated carbocycles. The van der Waals surface area contributed by atoms with Crippen molar-refractivity contribution in [1.29, 1.82) is 0 Å². The van der Waals surface area contributed by atoms with Crippen molar-refractivity contribution in [2.24, 2.45) is 0 Å². The number of hydrogen-bond acceptors (Lipinski definition) is 6. The zero-order valence-electron chi connectivity index (χ0n) is 17.7. The molecule has 0 spiro atoms. The van der Waals surface area contributed by atoms with Crippen molar-refractivity contribution < 1.29 is 34.8 Å². The molecule has 170 valence electrons. The van der Waals surface area contributed by atoms with Crippen LogP contribution in [0.5, 0.6) is 17.2 Å². The van der Waals surface area contributed by atoms with E-state index < -0.39 is 11.9 Å². The van der Waals surface area contributed by atoms with Crippen LogP contribution < -0.4 is 4.74 Å². The fourth-order valence-electron chi connectivity index (χ4n) is 2.69. The van der Waals surface area contributed by atoms with E-state index in [1.165, 1.54) is 6.07 Å². The van der Waals surface area contributed by atoms with Gasteiger partial charge in [-0.2, -0.15) is 0 Å². The molecule has 0 radical (unpaired) electrons. The Balaban J connectivity index is 0.000000512. The Morgan fingerprint density at radius 2 is 1.52 bits per heavy atom. The molecular formula is C23H31NO7. The first-order valence-electron chi connectivity index (χ1n) is 10.2. The molecule has 2 aromatic carbocycles. The molecule has 0 aliphatic heterocycles. The monoisotopic (exact) mass is 433 g/mol. The number of aromatic hydroxyl groups is 2. The van der Waals surface area contributed by atoms with Gasteiger partial charge in [-0.3, -0.25) is 14.5 Å². The maximum absolute atomic E-state index is 9.64. The second-order valence-electron chi connectivity index (χ2n) is 6.86. The number of phenols is 2. The molecule has 0 fully saturated rings. The lowest BCUT2D eigenvalue weighted by Crippen LogP contribution is -2.31. The second kappa shape index (κ2) is 14.7. The first-order chi connectivity index (χ1) is 14.8. The summed E-state index contributed by atoms with van der Waals surface area (Å²) >= 11 is 0. The van der Waals surface area contributed by atoms with Crippen LogP contribution in [0.1, 0.15) is 31.7 Å². The Bertz CT molecular complexity index is 782. The van der Waals surface area contributed by atoms with E-state index in [-0.39, 0.29) is 24.3 Å². The van der Waals surface area contributed by atoms with Gasteiger partial charge in [-0.25, -0.2) is 0 Å². The fraction of sp³-hybridized carbons (Fsp3) is 0.391. The Labute approximate surface area is 182 Å². The van der Waals surface area contributed by atoms with Crippen LogP contribution in [0.3, 0.4) is 0 Å². The molecule has 0 saturated heterocycles. The Hall–Kier alpha value is -3.26. The molecule has 2 aromatic rings. The first-order valence-corrected chi connectivity index (χ1v) is 10.2. The van der Waals surface area contributed by atoms with Crippen LogP contribution in [0, 0.1) is 0 Å². The minimum atomic E-state index is -1.08. The van der Waals surface area contributed by atoms with Gasteiger partial charge in [0, 0.05) is 13.1 Å². The highest BCUT2D eigenvalue weighted by molar-refractivity contribution is 5.75. The number of aliphatic carboxylic acids is 2. The third-order valence-corrected chi connectivity index (χ3v) is 4.27. The minimum absolute atomic E-state index is 0.0584. The highest BCUT2D eigenvalue weighted by Gasteiger charge is 2.07. The summed E-state index contributed by atoms with van der Waals surface area (Å²) in [7, 11) is 0. The third-order valence-electron chi connectivity index (χ3n) is 4.27. The number of carbonyl (C=O) groups is 2. The Morgan fingerprint density at radius 3 is 2.06 bits per heavy atom. The van der Waals surface area contributed by atoms with E-state index in [9.17, 15) is 19.8 Å². The Morgan fingerprint density at radius 1 is 0.871 bits per heavy atom. The zero-order chi connectivity index (χ0) is 23.1. The molecule has 0 unspecified atom stereocenters. The maximum Gasteiger partial charge on any atom is 0.303 e.